The first-order valence-electron chi connectivity index (χ1n) is 7.32. The van der Waals surface area contributed by atoms with Crippen molar-refractivity contribution in [1.82, 2.24) is 4.98 Å². The first-order valence-corrected chi connectivity index (χ1v) is 7.32. The van der Waals surface area contributed by atoms with Crippen LogP contribution in [0.25, 0.3) is 0 Å². The molecule has 1 aliphatic carbocycles. The van der Waals surface area contributed by atoms with E-state index < -0.39 is 0 Å². The summed E-state index contributed by atoms with van der Waals surface area (Å²) >= 11 is 0. The maximum absolute atomic E-state index is 5.21. The summed E-state index contributed by atoms with van der Waals surface area (Å²) in [4.78, 5) is 4.52. The van der Waals surface area contributed by atoms with Crippen molar-refractivity contribution in [2.24, 2.45) is 5.92 Å². The van der Waals surface area contributed by atoms with Crippen LogP contribution in [0.1, 0.15) is 39.0 Å². The number of pyridine rings is 1. The number of rotatable bonds is 2. The van der Waals surface area contributed by atoms with Crippen molar-refractivity contribution in [2.75, 3.05) is 24.3 Å². The van der Waals surface area contributed by atoms with Gasteiger partial charge in [-0.3, -0.25) is 0 Å². The smallest absolute Gasteiger partial charge is 0.215 e. The van der Waals surface area contributed by atoms with Gasteiger partial charge in [0.25, 0.3) is 0 Å². The zero-order valence-electron chi connectivity index (χ0n) is 11.8. The van der Waals surface area contributed by atoms with E-state index >= 15 is 0 Å². The van der Waals surface area contributed by atoms with Crippen molar-refractivity contribution in [2.45, 2.75) is 44.6 Å². The van der Waals surface area contributed by atoms with Gasteiger partial charge in [-0.1, -0.05) is 13.3 Å². The Balaban J connectivity index is 1.77. The van der Waals surface area contributed by atoms with Gasteiger partial charge < -0.3 is 15.4 Å². The molecule has 1 saturated carbocycles. The van der Waals surface area contributed by atoms with E-state index in [-0.39, 0.29) is 5.54 Å². The molecule has 0 radical (unpaired) electrons. The van der Waals surface area contributed by atoms with E-state index in [0.29, 0.717) is 5.88 Å². The van der Waals surface area contributed by atoms with Crippen LogP contribution in [-0.2, 0) is 0 Å². The number of anilines is 2. The van der Waals surface area contributed by atoms with Gasteiger partial charge in [0.05, 0.1) is 18.3 Å². The zero-order valence-corrected chi connectivity index (χ0v) is 11.8. The summed E-state index contributed by atoms with van der Waals surface area (Å²) in [7, 11) is 1.66. The maximum atomic E-state index is 5.21. The molecule has 4 nitrogen and oxygen atoms in total. The Kier molecular flexibility index (Phi) is 3.25. The standard InChI is InChI=1S/C15H23N3O/c1-3-11-6-8-15(9-7-11)10-16-12-4-5-13(19-2)17-14(12)18-15/h4-5,11,16H,3,6-10H2,1-2H3,(H,17,18). The summed E-state index contributed by atoms with van der Waals surface area (Å²) in [6, 6.07) is 3.94. The van der Waals surface area contributed by atoms with Crippen LogP contribution in [0.3, 0.4) is 0 Å². The van der Waals surface area contributed by atoms with Crippen LogP contribution in [0.4, 0.5) is 11.5 Å². The minimum Gasteiger partial charge on any atom is -0.481 e. The van der Waals surface area contributed by atoms with Gasteiger partial charge in [0, 0.05) is 12.6 Å². The second-order valence-corrected chi connectivity index (χ2v) is 5.86. The molecule has 2 aliphatic rings. The fourth-order valence-electron chi connectivity index (χ4n) is 3.29. The Morgan fingerprint density at radius 1 is 1.37 bits per heavy atom. The number of ether oxygens (including phenoxy) is 1. The SMILES string of the molecule is CCC1CCC2(CC1)CNc1ccc(OC)nc1N2. The fourth-order valence-corrected chi connectivity index (χ4v) is 3.29. The highest BCUT2D eigenvalue weighted by Crippen LogP contribution is 2.40. The van der Waals surface area contributed by atoms with Crippen molar-refractivity contribution < 1.29 is 4.74 Å². The summed E-state index contributed by atoms with van der Waals surface area (Å²) in [5.41, 5.74) is 1.28. The van der Waals surface area contributed by atoms with Crippen molar-refractivity contribution >= 4 is 11.5 Å². The van der Waals surface area contributed by atoms with Crippen LogP contribution in [0.2, 0.25) is 0 Å². The average Bonchev–Trinajstić information content (AvgIpc) is 2.47. The predicted molar refractivity (Wildman–Crippen MR) is 77.9 cm³/mol. The Bertz CT molecular complexity index is 453. The van der Waals surface area contributed by atoms with Crippen molar-refractivity contribution in [1.29, 1.82) is 0 Å². The third-order valence-corrected chi connectivity index (χ3v) is 4.72. The molecule has 1 aromatic heterocycles. The second kappa shape index (κ2) is 4.91. The van der Waals surface area contributed by atoms with Gasteiger partial charge in [-0.2, -0.15) is 4.98 Å². The topological polar surface area (TPSA) is 46.2 Å². The lowest BCUT2D eigenvalue weighted by Crippen LogP contribution is -2.50. The first-order chi connectivity index (χ1) is 9.24. The van der Waals surface area contributed by atoms with Gasteiger partial charge in [-0.15, -0.1) is 0 Å². The fraction of sp³-hybridized carbons (Fsp3) is 0.667. The van der Waals surface area contributed by atoms with E-state index in [9.17, 15) is 0 Å². The lowest BCUT2D eigenvalue weighted by molar-refractivity contribution is 0.255. The minimum absolute atomic E-state index is 0.192. The molecule has 2 heterocycles. The molecule has 3 rings (SSSR count). The van der Waals surface area contributed by atoms with Crippen LogP contribution in [0.15, 0.2) is 12.1 Å². The highest BCUT2D eigenvalue weighted by atomic mass is 16.5. The van der Waals surface area contributed by atoms with E-state index in [0.717, 1.165) is 24.0 Å². The largest absolute Gasteiger partial charge is 0.481 e. The van der Waals surface area contributed by atoms with Crippen LogP contribution < -0.4 is 15.4 Å². The van der Waals surface area contributed by atoms with E-state index in [1.165, 1.54) is 32.1 Å². The molecule has 4 heteroatoms. The number of methoxy groups -OCH3 is 1. The van der Waals surface area contributed by atoms with Gasteiger partial charge in [-0.05, 0) is 37.7 Å². The molecule has 104 valence electrons. The average molecular weight is 261 g/mol. The molecule has 0 atom stereocenters. The van der Waals surface area contributed by atoms with Gasteiger partial charge in [-0.25, -0.2) is 0 Å². The number of nitrogens with one attached hydrogen (secondary N) is 2. The van der Waals surface area contributed by atoms with Crippen LogP contribution in [0, 0.1) is 5.92 Å². The molecule has 19 heavy (non-hydrogen) atoms. The molecular formula is C15H23N3O. The Hall–Kier alpha value is -1.45. The van der Waals surface area contributed by atoms with E-state index in [4.69, 9.17) is 4.74 Å². The zero-order chi connectivity index (χ0) is 13.3. The van der Waals surface area contributed by atoms with Crippen LogP contribution in [-0.4, -0.2) is 24.2 Å². The van der Waals surface area contributed by atoms with Gasteiger partial charge in [0.1, 0.15) is 0 Å². The number of fused-ring (bicyclic) bond motifs is 1. The lowest BCUT2D eigenvalue weighted by atomic mass is 9.75. The summed E-state index contributed by atoms with van der Waals surface area (Å²) in [6.45, 7) is 3.31. The molecule has 0 bridgehead atoms. The summed E-state index contributed by atoms with van der Waals surface area (Å²) in [6.07, 6.45) is 6.43. The normalized spacial score (nSPS) is 29.3. The monoisotopic (exact) mass is 261 g/mol. The number of hydrogen-bond donors (Lipinski definition) is 2. The van der Waals surface area contributed by atoms with E-state index in [2.05, 4.69) is 22.5 Å². The Morgan fingerprint density at radius 2 is 2.16 bits per heavy atom. The lowest BCUT2D eigenvalue weighted by Gasteiger charge is -2.44. The molecule has 0 amide bonds. The number of nitrogens with zero attached hydrogens (tertiary/aromatic N) is 1. The maximum Gasteiger partial charge on any atom is 0.215 e. The molecule has 1 spiro atoms. The highest BCUT2D eigenvalue weighted by Gasteiger charge is 2.38. The summed E-state index contributed by atoms with van der Waals surface area (Å²) < 4.78 is 5.21. The third kappa shape index (κ3) is 2.36. The molecular weight excluding hydrogens is 238 g/mol. The van der Waals surface area contributed by atoms with Gasteiger partial charge in [0.15, 0.2) is 5.82 Å². The summed E-state index contributed by atoms with van der Waals surface area (Å²) in [5.74, 6) is 2.53. The van der Waals surface area contributed by atoms with Crippen LogP contribution >= 0.6 is 0 Å². The Labute approximate surface area is 115 Å². The van der Waals surface area contributed by atoms with Gasteiger partial charge >= 0.3 is 0 Å². The van der Waals surface area contributed by atoms with E-state index in [1.807, 2.05) is 12.1 Å². The number of aromatic nitrogens is 1. The highest BCUT2D eigenvalue weighted by molar-refractivity contribution is 5.69. The van der Waals surface area contributed by atoms with Crippen molar-refractivity contribution in [3.05, 3.63) is 12.1 Å². The molecule has 0 unspecified atom stereocenters. The van der Waals surface area contributed by atoms with Crippen molar-refractivity contribution in [3.63, 3.8) is 0 Å². The minimum atomic E-state index is 0.192. The molecule has 1 aliphatic heterocycles. The first kappa shape index (κ1) is 12.6. The molecule has 2 N–H and O–H groups in total. The second-order valence-electron chi connectivity index (χ2n) is 5.86. The molecule has 1 aromatic rings. The van der Waals surface area contributed by atoms with Gasteiger partial charge in [0.2, 0.25) is 5.88 Å². The van der Waals surface area contributed by atoms with Crippen LogP contribution in [0.5, 0.6) is 5.88 Å². The Morgan fingerprint density at radius 3 is 2.84 bits per heavy atom. The third-order valence-electron chi connectivity index (χ3n) is 4.72. The van der Waals surface area contributed by atoms with Crippen molar-refractivity contribution in [3.8, 4) is 5.88 Å². The summed E-state index contributed by atoms with van der Waals surface area (Å²) in [5, 5.41) is 7.20. The predicted octanol–water partition coefficient (Wildman–Crippen LogP) is 3.27. The van der Waals surface area contributed by atoms with E-state index in [1.54, 1.807) is 7.11 Å². The molecule has 0 saturated heterocycles. The molecule has 1 fully saturated rings. The quantitative estimate of drug-likeness (QED) is 0.857. The molecule has 0 aromatic carbocycles. The number of hydrogen-bond acceptors (Lipinski definition) is 4.